The van der Waals surface area contributed by atoms with Gasteiger partial charge >= 0.3 is 11.8 Å². The van der Waals surface area contributed by atoms with E-state index in [0.717, 1.165) is 50.5 Å². The molecule has 9 atom stereocenters. The van der Waals surface area contributed by atoms with Gasteiger partial charge in [-0.2, -0.15) is 0 Å². The predicted octanol–water partition coefficient (Wildman–Crippen LogP) is 3.92. The van der Waals surface area contributed by atoms with Crippen LogP contribution in [0.2, 0.25) is 0 Å². The number of hydrogen-bond acceptors (Lipinski definition) is 6. The fraction of sp³-hybridized carbons (Fsp3) is 0.760. The molecule has 1 aromatic rings. The van der Waals surface area contributed by atoms with Gasteiger partial charge in [0.15, 0.2) is 0 Å². The molecule has 0 bridgehead atoms. The lowest BCUT2D eigenvalue weighted by Gasteiger charge is -2.64. The summed E-state index contributed by atoms with van der Waals surface area (Å²) in [7, 11) is 0. The fourth-order valence-electron chi connectivity index (χ4n) is 8.56. The number of aliphatic hydroxyl groups excluding tert-OH is 1. The molecule has 4 aliphatic carbocycles. The van der Waals surface area contributed by atoms with Gasteiger partial charge in [-0.1, -0.05) is 13.8 Å². The molecule has 0 amide bonds. The highest BCUT2D eigenvalue weighted by Crippen LogP contribution is 2.71. The highest BCUT2D eigenvalue weighted by molar-refractivity contribution is 5.57. The Hall–Kier alpha value is -1.86. The Labute approximate surface area is 187 Å². The third-order valence-corrected chi connectivity index (χ3v) is 10.2. The summed E-state index contributed by atoms with van der Waals surface area (Å²) in [6.07, 6.45) is 5.36. The van der Waals surface area contributed by atoms with Crippen molar-refractivity contribution in [2.24, 2.45) is 28.6 Å². The molecular formula is C25H34O7. The normalized spacial score (nSPS) is 47.8. The van der Waals surface area contributed by atoms with Gasteiger partial charge in [0.25, 0.3) is 0 Å². The van der Waals surface area contributed by atoms with Crippen molar-refractivity contribution in [1.29, 1.82) is 0 Å². The van der Waals surface area contributed by atoms with Crippen molar-refractivity contribution in [3.8, 4) is 0 Å². The minimum atomic E-state index is -1.37. The molecule has 0 radical (unpaired) electrons. The summed E-state index contributed by atoms with van der Waals surface area (Å²) in [5.41, 5.74) is -1.48. The summed E-state index contributed by atoms with van der Waals surface area (Å²) >= 11 is 0. The monoisotopic (exact) mass is 446 g/mol. The van der Waals surface area contributed by atoms with Crippen LogP contribution in [0.5, 0.6) is 0 Å². The van der Waals surface area contributed by atoms with E-state index in [1.165, 1.54) is 12.3 Å². The Morgan fingerprint density at radius 2 is 1.88 bits per heavy atom. The van der Waals surface area contributed by atoms with Crippen LogP contribution in [0.15, 0.2) is 27.6 Å². The van der Waals surface area contributed by atoms with Crippen LogP contribution in [-0.2, 0) is 4.74 Å². The van der Waals surface area contributed by atoms with Crippen LogP contribution in [0.1, 0.15) is 76.7 Å². The molecule has 7 heteroatoms. The summed E-state index contributed by atoms with van der Waals surface area (Å²) in [6, 6.07) is 3.12. The number of carbonyl (C=O) groups is 1. The van der Waals surface area contributed by atoms with Gasteiger partial charge in [0.05, 0.1) is 12.4 Å². The van der Waals surface area contributed by atoms with Crippen molar-refractivity contribution in [2.45, 2.75) is 88.9 Å². The topological polar surface area (TPSA) is 117 Å². The standard InChI is InChI=1S/C25H34O7/c1-23-9-7-16(26)11-15(23)4-5-18-17(23)8-10-24(2)19(14-3-6-21(27)31-13-14)12-20(25(18,24)30)32-22(28)29/h3,6,13,15-20,26,30H,4-5,7-12H2,1-2H3,(H,28,29). The van der Waals surface area contributed by atoms with Crippen molar-refractivity contribution in [2.75, 3.05) is 0 Å². The van der Waals surface area contributed by atoms with E-state index >= 15 is 0 Å². The predicted molar refractivity (Wildman–Crippen MR) is 115 cm³/mol. The van der Waals surface area contributed by atoms with Crippen molar-refractivity contribution < 1.29 is 29.3 Å². The number of hydrogen-bond donors (Lipinski definition) is 3. The zero-order valence-corrected chi connectivity index (χ0v) is 18.8. The minimum absolute atomic E-state index is 0.0323. The molecule has 0 spiro atoms. The van der Waals surface area contributed by atoms with Crippen LogP contribution in [0.25, 0.3) is 0 Å². The molecule has 5 rings (SSSR count). The Morgan fingerprint density at radius 1 is 1.09 bits per heavy atom. The number of ether oxygens (including phenoxy) is 1. The van der Waals surface area contributed by atoms with Gasteiger partial charge in [-0.05, 0) is 92.1 Å². The minimum Gasteiger partial charge on any atom is -0.450 e. The maximum absolute atomic E-state index is 12.5. The van der Waals surface area contributed by atoms with Crippen LogP contribution in [0, 0.1) is 28.6 Å². The molecule has 1 heterocycles. The number of carboxylic acid groups (broad SMARTS) is 1. The first-order valence-corrected chi connectivity index (χ1v) is 12.0. The molecule has 3 N–H and O–H groups in total. The lowest BCUT2D eigenvalue weighted by atomic mass is 9.43. The second kappa shape index (κ2) is 7.32. The molecular weight excluding hydrogens is 412 g/mol. The fourth-order valence-corrected chi connectivity index (χ4v) is 8.56. The summed E-state index contributed by atoms with van der Waals surface area (Å²) in [5, 5.41) is 32.2. The summed E-state index contributed by atoms with van der Waals surface area (Å²) < 4.78 is 10.5. The van der Waals surface area contributed by atoms with Gasteiger partial charge in [0, 0.05) is 11.5 Å². The van der Waals surface area contributed by atoms with Crippen molar-refractivity contribution in [1.82, 2.24) is 0 Å². The van der Waals surface area contributed by atoms with E-state index in [4.69, 9.17) is 9.15 Å². The van der Waals surface area contributed by atoms with Crippen LogP contribution in [0.4, 0.5) is 4.79 Å². The SMILES string of the molecule is CC12CCC(O)CC1CCC1C2CCC2(C)C(c3ccc(=O)oc3)CC(OC(=O)O)C12O. The molecule has 4 aliphatic rings. The average molecular weight is 447 g/mol. The van der Waals surface area contributed by atoms with Gasteiger partial charge in [0.1, 0.15) is 11.7 Å². The van der Waals surface area contributed by atoms with E-state index < -0.39 is 28.9 Å². The third-order valence-electron chi connectivity index (χ3n) is 10.2. The van der Waals surface area contributed by atoms with E-state index in [2.05, 4.69) is 13.8 Å². The van der Waals surface area contributed by atoms with E-state index in [1.54, 1.807) is 6.07 Å². The maximum atomic E-state index is 12.5. The third kappa shape index (κ3) is 2.93. The lowest BCUT2D eigenvalue weighted by Crippen LogP contribution is -2.65. The largest absolute Gasteiger partial charge is 0.506 e. The van der Waals surface area contributed by atoms with Gasteiger partial charge in [-0.3, -0.25) is 0 Å². The van der Waals surface area contributed by atoms with Gasteiger partial charge < -0.3 is 24.5 Å². The quantitative estimate of drug-likeness (QED) is 0.590. The first-order chi connectivity index (χ1) is 15.1. The first-order valence-electron chi connectivity index (χ1n) is 12.0. The zero-order valence-electron chi connectivity index (χ0n) is 18.8. The molecule has 176 valence electrons. The summed E-state index contributed by atoms with van der Waals surface area (Å²) in [4.78, 5) is 23.1. The maximum Gasteiger partial charge on any atom is 0.506 e. The Kier molecular flexibility index (Phi) is 5.02. The van der Waals surface area contributed by atoms with Crippen LogP contribution >= 0.6 is 0 Å². The van der Waals surface area contributed by atoms with Gasteiger partial charge in [0.2, 0.25) is 0 Å². The highest BCUT2D eigenvalue weighted by Gasteiger charge is 2.72. The molecule has 0 aromatic carbocycles. The van der Waals surface area contributed by atoms with Crippen LogP contribution in [0.3, 0.4) is 0 Å². The first kappa shape index (κ1) is 22.0. The molecule has 9 unspecified atom stereocenters. The molecule has 4 fully saturated rings. The summed E-state index contributed by atoms with van der Waals surface area (Å²) in [5.74, 6) is 0.461. The average Bonchev–Trinajstić information content (AvgIpc) is 2.96. The summed E-state index contributed by atoms with van der Waals surface area (Å²) in [6.45, 7) is 4.38. The number of rotatable bonds is 2. The molecule has 0 aliphatic heterocycles. The smallest absolute Gasteiger partial charge is 0.450 e. The lowest BCUT2D eigenvalue weighted by molar-refractivity contribution is -0.234. The molecule has 7 nitrogen and oxygen atoms in total. The van der Waals surface area contributed by atoms with Crippen molar-refractivity contribution in [3.63, 3.8) is 0 Å². The Morgan fingerprint density at radius 3 is 2.56 bits per heavy atom. The zero-order chi connectivity index (χ0) is 22.9. The van der Waals surface area contributed by atoms with Crippen LogP contribution in [-0.4, -0.2) is 39.3 Å². The Balaban J connectivity index is 1.56. The van der Waals surface area contributed by atoms with Gasteiger partial charge in [-0.25, -0.2) is 9.59 Å². The van der Waals surface area contributed by atoms with Crippen LogP contribution < -0.4 is 5.63 Å². The molecule has 32 heavy (non-hydrogen) atoms. The second-order valence-electron chi connectivity index (χ2n) is 11.3. The van der Waals surface area contributed by atoms with E-state index in [0.29, 0.717) is 12.3 Å². The van der Waals surface area contributed by atoms with Gasteiger partial charge in [-0.15, -0.1) is 0 Å². The second-order valence-corrected chi connectivity index (χ2v) is 11.3. The highest BCUT2D eigenvalue weighted by atomic mass is 16.7. The molecule has 4 saturated carbocycles. The van der Waals surface area contributed by atoms with E-state index in [9.17, 15) is 24.9 Å². The number of aliphatic hydroxyl groups is 2. The van der Waals surface area contributed by atoms with E-state index in [-0.39, 0.29) is 29.3 Å². The molecule has 0 saturated heterocycles. The van der Waals surface area contributed by atoms with Crippen molar-refractivity contribution >= 4 is 6.16 Å². The number of fused-ring (bicyclic) bond motifs is 5. The Bertz CT molecular complexity index is 937. The van der Waals surface area contributed by atoms with Crippen molar-refractivity contribution in [3.05, 3.63) is 34.4 Å². The van der Waals surface area contributed by atoms with E-state index in [1.807, 2.05) is 0 Å². The molecule has 1 aromatic heterocycles.